The summed E-state index contributed by atoms with van der Waals surface area (Å²) in [5.41, 5.74) is 1.06. The Balaban J connectivity index is 2.95. The highest BCUT2D eigenvalue weighted by Gasteiger charge is 2.04. The third kappa shape index (κ3) is 2.37. The first-order valence-corrected chi connectivity index (χ1v) is 5.21. The smallest absolute Gasteiger partial charge is 0.131 e. The zero-order chi connectivity index (χ0) is 9.84. The number of aromatic hydroxyl groups is 1. The molecule has 0 fully saturated rings. The van der Waals surface area contributed by atoms with E-state index >= 15 is 0 Å². The molecule has 0 aliphatic carbocycles. The first-order valence-electron chi connectivity index (χ1n) is 4.42. The van der Waals surface area contributed by atoms with Gasteiger partial charge in [-0.15, -0.1) is 0 Å². The van der Waals surface area contributed by atoms with Crippen LogP contribution in [0.15, 0.2) is 22.7 Å². The van der Waals surface area contributed by atoms with Gasteiger partial charge in [-0.25, -0.2) is 0 Å². The van der Waals surface area contributed by atoms with Gasteiger partial charge in [0.15, 0.2) is 0 Å². The standard InChI is InChI=1S/C10H14BrNO/c1-3-12(4-2)8-5-6-9(11)10(13)7-8/h5-7,13H,3-4H2,1-2H3. The number of rotatable bonds is 3. The third-order valence-electron chi connectivity index (χ3n) is 2.06. The summed E-state index contributed by atoms with van der Waals surface area (Å²) >= 11 is 3.25. The molecule has 0 spiro atoms. The molecule has 3 heteroatoms. The minimum atomic E-state index is 0.296. The second-order valence-corrected chi connectivity index (χ2v) is 3.66. The first-order chi connectivity index (χ1) is 6.19. The number of halogens is 1. The van der Waals surface area contributed by atoms with E-state index in [4.69, 9.17) is 0 Å². The number of hydrogen-bond donors (Lipinski definition) is 1. The van der Waals surface area contributed by atoms with E-state index in [9.17, 15) is 5.11 Å². The molecule has 0 aliphatic heterocycles. The van der Waals surface area contributed by atoms with Crippen LogP contribution in [0.4, 0.5) is 5.69 Å². The maximum Gasteiger partial charge on any atom is 0.131 e. The molecule has 1 N–H and O–H groups in total. The van der Waals surface area contributed by atoms with Crippen molar-refractivity contribution in [2.75, 3.05) is 18.0 Å². The summed E-state index contributed by atoms with van der Waals surface area (Å²) in [5, 5.41) is 9.47. The predicted octanol–water partition coefficient (Wildman–Crippen LogP) is 3.00. The van der Waals surface area contributed by atoms with Crippen LogP contribution in [0.25, 0.3) is 0 Å². The Labute approximate surface area is 87.3 Å². The summed E-state index contributed by atoms with van der Waals surface area (Å²) in [6.07, 6.45) is 0. The molecule has 0 bridgehead atoms. The molecule has 0 aromatic heterocycles. The van der Waals surface area contributed by atoms with Gasteiger partial charge in [-0.2, -0.15) is 0 Å². The molecule has 0 unspecified atom stereocenters. The number of hydrogen-bond acceptors (Lipinski definition) is 2. The van der Waals surface area contributed by atoms with E-state index in [0.717, 1.165) is 23.2 Å². The third-order valence-corrected chi connectivity index (χ3v) is 2.73. The van der Waals surface area contributed by atoms with Crippen LogP contribution in [-0.4, -0.2) is 18.2 Å². The zero-order valence-corrected chi connectivity index (χ0v) is 9.50. The van der Waals surface area contributed by atoms with E-state index in [2.05, 4.69) is 34.7 Å². The van der Waals surface area contributed by atoms with Gasteiger partial charge >= 0.3 is 0 Å². The van der Waals surface area contributed by atoms with Crippen LogP contribution in [0.1, 0.15) is 13.8 Å². The Bertz CT molecular complexity index is 284. The fourth-order valence-electron chi connectivity index (χ4n) is 1.29. The number of benzene rings is 1. The highest BCUT2D eigenvalue weighted by Crippen LogP contribution is 2.28. The van der Waals surface area contributed by atoms with Crippen molar-refractivity contribution in [1.29, 1.82) is 0 Å². The lowest BCUT2D eigenvalue weighted by atomic mass is 10.2. The van der Waals surface area contributed by atoms with Gasteiger partial charge in [-0.1, -0.05) is 0 Å². The summed E-state index contributed by atoms with van der Waals surface area (Å²) in [6.45, 7) is 6.11. The van der Waals surface area contributed by atoms with Gasteiger partial charge in [0, 0.05) is 24.8 Å². The molecule has 0 aliphatic rings. The van der Waals surface area contributed by atoms with E-state index in [0.29, 0.717) is 5.75 Å². The molecule has 0 saturated heterocycles. The largest absolute Gasteiger partial charge is 0.507 e. The van der Waals surface area contributed by atoms with Gasteiger partial charge in [0.2, 0.25) is 0 Å². The lowest BCUT2D eigenvalue weighted by Gasteiger charge is -2.21. The number of phenolic OH excluding ortho intramolecular Hbond substituents is 1. The van der Waals surface area contributed by atoms with Crippen LogP contribution >= 0.6 is 15.9 Å². The van der Waals surface area contributed by atoms with Crippen molar-refractivity contribution in [2.45, 2.75) is 13.8 Å². The minimum Gasteiger partial charge on any atom is -0.507 e. The average Bonchev–Trinajstić information content (AvgIpc) is 2.13. The molecule has 13 heavy (non-hydrogen) atoms. The van der Waals surface area contributed by atoms with Gasteiger partial charge in [0.1, 0.15) is 5.75 Å². The van der Waals surface area contributed by atoms with Crippen molar-refractivity contribution in [2.24, 2.45) is 0 Å². The van der Waals surface area contributed by atoms with Gasteiger partial charge < -0.3 is 10.0 Å². The SMILES string of the molecule is CCN(CC)c1ccc(Br)c(O)c1. The van der Waals surface area contributed by atoms with Crippen LogP contribution in [0, 0.1) is 0 Å². The van der Waals surface area contributed by atoms with Crippen LogP contribution < -0.4 is 4.90 Å². The van der Waals surface area contributed by atoms with E-state index in [1.54, 1.807) is 6.07 Å². The first kappa shape index (κ1) is 10.4. The Morgan fingerprint density at radius 1 is 1.31 bits per heavy atom. The molecule has 0 amide bonds. The normalized spacial score (nSPS) is 10.1. The molecular formula is C10H14BrNO. The van der Waals surface area contributed by atoms with Crippen molar-refractivity contribution in [3.8, 4) is 5.75 Å². The fraction of sp³-hybridized carbons (Fsp3) is 0.400. The Kier molecular flexibility index (Phi) is 3.60. The van der Waals surface area contributed by atoms with E-state index in [1.165, 1.54) is 0 Å². The molecule has 1 rings (SSSR count). The molecule has 1 aromatic carbocycles. The predicted molar refractivity (Wildman–Crippen MR) is 59.4 cm³/mol. The van der Waals surface area contributed by atoms with Gasteiger partial charge in [0.25, 0.3) is 0 Å². The molecule has 0 saturated carbocycles. The number of anilines is 1. The van der Waals surface area contributed by atoms with E-state index in [1.807, 2.05) is 12.1 Å². The summed E-state index contributed by atoms with van der Waals surface area (Å²) < 4.78 is 0.739. The molecule has 0 heterocycles. The van der Waals surface area contributed by atoms with Gasteiger partial charge in [-0.3, -0.25) is 0 Å². The van der Waals surface area contributed by atoms with Crippen molar-refractivity contribution in [3.63, 3.8) is 0 Å². The quantitative estimate of drug-likeness (QED) is 0.883. The van der Waals surface area contributed by atoms with E-state index < -0.39 is 0 Å². The second kappa shape index (κ2) is 4.51. The van der Waals surface area contributed by atoms with Crippen LogP contribution in [0.5, 0.6) is 5.75 Å². The maximum atomic E-state index is 9.47. The Hall–Kier alpha value is -0.700. The lowest BCUT2D eigenvalue weighted by molar-refractivity contribution is 0.472. The Morgan fingerprint density at radius 3 is 2.38 bits per heavy atom. The lowest BCUT2D eigenvalue weighted by Crippen LogP contribution is -2.21. The minimum absolute atomic E-state index is 0.296. The molecular weight excluding hydrogens is 230 g/mol. The highest BCUT2D eigenvalue weighted by atomic mass is 79.9. The van der Waals surface area contributed by atoms with Gasteiger partial charge in [0.05, 0.1) is 4.47 Å². The van der Waals surface area contributed by atoms with Crippen molar-refractivity contribution < 1.29 is 5.11 Å². The maximum absolute atomic E-state index is 9.47. The summed E-state index contributed by atoms with van der Waals surface area (Å²) in [7, 11) is 0. The fourth-order valence-corrected chi connectivity index (χ4v) is 1.53. The molecule has 0 radical (unpaired) electrons. The van der Waals surface area contributed by atoms with Crippen molar-refractivity contribution in [3.05, 3.63) is 22.7 Å². The van der Waals surface area contributed by atoms with E-state index in [-0.39, 0.29) is 0 Å². The monoisotopic (exact) mass is 243 g/mol. The summed E-state index contributed by atoms with van der Waals surface area (Å²) in [6, 6.07) is 5.64. The second-order valence-electron chi connectivity index (χ2n) is 2.81. The van der Waals surface area contributed by atoms with Crippen LogP contribution in [0.2, 0.25) is 0 Å². The highest BCUT2D eigenvalue weighted by molar-refractivity contribution is 9.10. The zero-order valence-electron chi connectivity index (χ0n) is 7.92. The molecule has 72 valence electrons. The summed E-state index contributed by atoms with van der Waals surface area (Å²) in [5.74, 6) is 0.296. The molecule has 1 aromatic rings. The van der Waals surface area contributed by atoms with Crippen LogP contribution in [0.3, 0.4) is 0 Å². The summed E-state index contributed by atoms with van der Waals surface area (Å²) in [4.78, 5) is 2.19. The van der Waals surface area contributed by atoms with Crippen LogP contribution in [-0.2, 0) is 0 Å². The van der Waals surface area contributed by atoms with Crippen molar-refractivity contribution >= 4 is 21.6 Å². The molecule has 2 nitrogen and oxygen atoms in total. The Morgan fingerprint density at radius 2 is 1.92 bits per heavy atom. The topological polar surface area (TPSA) is 23.5 Å². The van der Waals surface area contributed by atoms with Crippen molar-refractivity contribution in [1.82, 2.24) is 0 Å². The van der Waals surface area contributed by atoms with Gasteiger partial charge in [-0.05, 0) is 41.9 Å². The number of phenols is 1. The number of nitrogens with zero attached hydrogens (tertiary/aromatic N) is 1. The molecule has 0 atom stereocenters. The average molecular weight is 244 g/mol.